The average Bonchev–Trinajstić information content (AvgIpc) is 2.49. The maximum atomic E-state index is 11.0. The zero-order chi connectivity index (χ0) is 22.1. The van der Waals surface area contributed by atoms with E-state index in [1.54, 1.807) is 0 Å². The molecule has 0 aliphatic carbocycles. The molecule has 0 unspecified atom stereocenters. The molecule has 0 fully saturated rings. The van der Waals surface area contributed by atoms with Crippen LogP contribution in [-0.2, 0) is 34.6 Å². The maximum Gasteiger partial charge on any atom is 1.00 e. The van der Waals surface area contributed by atoms with Crippen molar-refractivity contribution in [3.63, 3.8) is 0 Å². The van der Waals surface area contributed by atoms with E-state index >= 15 is 0 Å². The van der Waals surface area contributed by atoms with Crippen LogP contribution in [0.5, 0.6) is 0 Å². The van der Waals surface area contributed by atoms with Gasteiger partial charge in [-0.25, -0.2) is 0 Å². The number of hydrogen-bond donors (Lipinski definition) is 3. The number of hydrogen-bond acceptors (Lipinski definition) is 7. The van der Waals surface area contributed by atoms with E-state index in [-0.39, 0.29) is 68.6 Å². The molecule has 0 aromatic rings. The van der Waals surface area contributed by atoms with Crippen LogP contribution in [0.25, 0.3) is 0 Å². The Kier molecular flexibility index (Phi) is 29.1. The van der Waals surface area contributed by atoms with Crippen molar-refractivity contribution < 1.29 is 107 Å². The normalized spacial score (nSPS) is 10.6. The second-order valence-corrected chi connectivity index (χ2v) is 9.15. The number of aliphatic carboxylic acids is 1. The van der Waals surface area contributed by atoms with E-state index in [0.717, 1.165) is 19.3 Å². The summed E-state index contributed by atoms with van der Waals surface area (Å²) >= 11 is 0. The van der Waals surface area contributed by atoms with Gasteiger partial charge in [-0.2, -0.15) is 16.8 Å². The molecule has 0 radical (unpaired) electrons. The molecule has 0 saturated carbocycles. The minimum absolute atomic E-state index is 0. The van der Waals surface area contributed by atoms with E-state index in [9.17, 15) is 26.4 Å². The van der Waals surface area contributed by atoms with Crippen LogP contribution < -0.4 is 59.1 Å². The molecule has 0 saturated heterocycles. The van der Waals surface area contributed by atoms with Crippen LogP contribution >= 0.6 is 0 Å². The Morgan fingerprint density at radius 2 is 1.10 bits per heavy atom. The first-order valence-corrected chi connectivity index (χ1v) is 12.4. The predicted octanol–water partition coefficient (Wildman–Crippen LogP) is -3.47. The Morgan fingerprint density at radius 3 is 1.40 bits per heavy atom. The summed E-state index contributed by atoms with van der Waals surface area (Å²) in [6.45, 7) is 2.44. The Labute approximate surface area is 227 Å². The average molecular weight is 497 g/mol. The van der Waals surface area contributed by atoms with Crippen LogP contribution in [0.3, 0.4) is 0 Å². The summed E-state index contributed by atoms with van der Waals surface area (Å²) in [6.07, 6.45) is 11.8. The molecule has 14 heteroatoms. The smallest absolute Gasteiger partial charge is 1.00 e. The zero-order valence-corrected chi connectivity index (χ0v) is 23.8. The standard InChI is InChI=1S/C14H28O5S.C2H4O5S.2Na.2H/c1-2-3-4-5-6-7-8-9-10-11-12-19-14(15)13-20(16,17)18;3-2(4)1-8(5,6)7;;;;/h2-13H2,1H3,(H,16,17,18);1H2,(H,3,4)(H,5,6,7);;;;/q;;2*+1;2*-1. The first-order chi connectivity index (χ1) is 12.9. The monoisotopic (exact) mass is 496 g/mol. The number of ether oxygens (including phenoxy) is 1. The molecule has 0 amide bonds. The molecule has 0 aromatic carbocycles. The third-order valence-corrected chi connectivity index (χ3v) is 4.58. The van der Waals surface area contributed by atoms with Crippen molar-refractivity contribution in [2.24, 2.45) is 0 Å². The fraction of sp³-hybridized carbons (Fsp3) is 0.875. The van der Waals surface area contributed by atoms with E-state index in [1.165, 1.54) is 44.9 Å². The fourth-order valence-electron chi connectivity index (χ4n) is 2.12. The Morgan fingerprint density at radius 1 is 0.733 bits per heavy atom. The number of carbonyl (C=O) groups is 2. The summed E-state index contributed by atoms with van der Waals surface area (Å²) in [5, 5.41) is 7.71. The number of unbranched alkanes of at least 4 members (excludes halogenated alkanes) is 9. The largest absolute Gasteiger partial charge is 1.00 e. The minimum Gasteiger partial charge on any atom is -1.00 e. The van der Waals surface area contributed by atoms with Crippen molar-refractivity contribution in [2.75, 3.05) is 18.1 Å². The first-order valence-electron chi connectivity index (χ1n) is 9.15. The predicted molar refractivity (Wildman–Crippen MR) is 105 cm³/mol. The van der Waals surface area contributed by atoms with E-state index in [0.29, 0.717) is 0 Å². The second-order valence-electron chi connectivity index (χ2n) is 6.25. The van der Waals surface area contributed by atoms with E-state index in [4.69, 9.17) is 18.9 Å². The number of carboxylic acid groups (broad SMARTS) is 1. The van der Waals surface area contributed by atoms with Gasteiger partial charge in [-0.15, -0.1) is 0 Å². The first kappa shape index (κ1) is 38.0. The summed E-state index contributed by atoms with van der Waals surface area (Å²) in [7, 11) is -8.59. The van der Waals surface area contributed by atoms with Crippen LogP contribution in [0.2, 0.25) is 0 Å². The van der Waals surface area contributed by atoms with Crippen molar-refractivity contribution >= 4 is 32.2 Å². The molecule has 0 spiro atoms. The van der Waals surface area contributed by atoms with Gasteiger partial charge in [0.2, 0.25) is 0 Å². The summed E-state index contributed by atoms with van der Waals surface area (Å²) in [4.78, 5) is 20.4. The molecular weight excluding hydrogens is 462 g/mol. The van der Waals surface area contributed by atoms with Crippen molar-refractivity contribution in [1.82, 2.24) is 0 Å². The van der Waals surface area contributed by atoms with Gasteiger partial charge in [-0.3, -0.25) is 18.7 Å². The molecule has 0 aromatic heterocycles. The second kappa shape index (κ2) is 22.9. The van der Waals surface area contributed by atoms with Crippen molar-refractivity contribution in [3.05, 3.63) is 0 Å². The van der Waals surface area contributed by atoms with Gasteiger partial charge in [-0.05, 0) is 6.42 Å². The van der Waals surface area contributed by atoms with Gasteiger partial charge >= 0.3 is 71.1 Å². The maximum absolute atomic E-state index is 11.0. The zero-order valence-electron chi connectivity index (χ0n) is 20.2. The number of rotatable bonds is 15. The molecule has 3 N–H and O–H groups in total. The molecular formula is C16H34Na2O10S2. The summed E-state index contributed by atoms with van der Waals surface area (Å²) in [5.41, 5.74) is 0. The molecule has 0 atom stereocenters. The van der Waals surface area contributed by atoms with Gasteiger partial charge in [0.25, 0.3) is 20.2 Å². The van der Waals surface area contributed by atoms with Crippen LogP contribution in [0.4, 0.5) is 0 Å². The minimum atomic E-state index is -4.32. The molecule has 0 bridgehead atoms. The van der Waals surface area contributed by atoms with E-state index < -0.39 is 43.7 Å². The number of carboxylic acids is 1. The van der Waals surface area contributed by atoms with Crippen LogP contribution in [-0.4, -0.2) is 61.1 Å². The Hall–Kier alpha value is 0.760. The molecule has 30 heavy (non-hydrogen) atoms. The quantitative estimate of drug-likeness (QED) is 0.0895. The van der Waals surface area contributed by atoms with Gasteiger partial charge in [0.1, 0.15) is 0 Å². The third-order valence-electron chi connectivity index (χ3n) is 3.37. The number of esters is 1. The third kappa shape index (κ3) is 39.3. The molecule has 172 valence electrons. The fourth-order valence-corrected chi connectivity index (χ4v) is 2.82. The molecule has 0 aliphatic rings. The van der Waals surface area contributed by atoms with Gasteiger partial charge in [0.15, 0.2) is 11.5 Å². The topological polar surface area (TPSA) is 172 Å². The van der Waals surface area contributed by atoms with Crippen LogP contribution in [0, 0.1) is 0 Å². The SMILES string of the molecule is CCCCCCCCCCCCOC(=O)CS(=O)(=O)O.O=C(O)CS(=O)(=O)O.[H-].[H-].[Na+].[Na+]. The summed E-state index contributed by atoms with van der Waals surface area (Å²) in [5.74, 6) is -4.63. The molecule has 0 heterocycles. The van der Waals surface area contributed by atoms with Gasteiger partial charge in [0, 0.05) is 0 Å². The van der Waals surface area contributed by atoms with Crippen molar-refractivity contribution in [3.8, 4) is 0 Å². The molecule has 10 nitrogen and oxygen atoms in total. The van der Waals surface area contributed by atoms with E-state index in [1.807, 2.05) is 0 Å². The van der Waals surface area contributed by atoms with Crippen LogP contribution in [0.15, 0.2) is 0 Å². The Bertz CT molecular complexity index is 647. The molecule has 0 aliphatic heterocycles. The summed E-state index contributed by atoms with van der Waals surface area (Å²) in [6, 6.07) is 0. The van der Waals surface area contributed by atoms with E-state index in [2.05, 4.69) is 6.92 Å². The van der Waals surface area contributed by atoms with Crippen molar-refractivity contribution in [1.29, 1.82) is 0 Å². The summed E-state index contributed by atoms with van der Waals surface area (Å²) < 4.78 is 61.0. The van der Waals surface area contributed by atoms with Crippen LogP contribution in [0.1, 0.15) is 74.0 Å². The molecule has 0 rings (SSSR count). The Balaban J connectivity index is -0.000000122. The van der Waals surface area contributed by atoms with Gasteiger partial charge in [-0.1, -0.05) is 64.7 Å². The van der Waals surface area contributed by atoms with Crippen molar-refractivity contribution in [2.45, 2.75) is 71.1 Å². The number of carbonyl (C=O) groups excluding carboxylic acids is 1. The van der Waals surface area contributed by atoms with Gasteiger partial charge in [0.05, 0.1) is 6.61 Å². The van der Waals surface area contributed by atoms with Gasteiger partial charge < -0.3 is 12.7 Å².